The molecule has 1 heterocycles. The van der Waals surface area contributed by atoms with Crippen LogP contribution in [0.4, 0.5) is 0 Å². The van der Waals surface area contributed by atoms with Crippen molar-refractivity contribution in [2.45, 2.75) is 51.7 Å². The van der Waals surface area contributed by atoms with E-state index >= 15 is 0 Å². The van der Waals surface area contributed by atoms with Gasteiger partial charge in [-0.05, 0) is 40.2 Å². The number of aliphatic carboxylic acids is 1. The predicted molar refractivity (Wildman–Crippen MR) is 62.6 cm³/mol. The third-order valence-electron chi connectivity index (χ3n) is 2.68. The number of carboxylic acids is 1. The second-order valence-electron chi connectivity index (χ2n) is 5.50. The molecule has 0 aromatic rings. The molecule has 0 spiro atoms. The fourth-order valence-corrected chi connectivity index (χ4v) is 1.97. The van der Waals surface area contributed by atoms with Crippen LogP contribution < -0.4 is 5.32 Å². The molecule has 2 unspecified atom stereocenters. The molecule has 1 fully saturated rings. The van der Waals surface area contributed by atoms with Crippen molar-refractivity contribution >= 4 is 11.9 Å². The molecule has 2 N–H and O–H groups in total. The minimum Gasteiger partial charge on any atom is -0.481 e. The number of hydrogen-bond donors (Lipinski definition) is 2. The lowest BCUT2D eigenvalue weighted by Crippen LogP contribution is -2.42. The van der Waals surface area contributed by atoms with Gasteiger partial charge < -0.3 is 15.2 Å². The van der Waals surface area contributed by atoms with Crippen LogP contribution >= 0.6 is 0 Å². The fraction of sp³-hybridized carbons (Fsp3) is 0.833. The summed E-state index contributed by atoms with van der Waals surface area (Å²) in [7, 11) is 0. The molecule has 1 aliphatic rings. The first-order valence-corrected chi connectivity index (χ1v) is 5.96. The molecule has 1 aliphatic heterocycles. The second-order valence-corrected chi connectivity index (χ2v) is 5.50. The minimum absolute atomic E-state index is 0.0836. The first-order chi connectivity index (χ1) is 7.78. The molecule has 0 bridgehead atoms. The highest BCUT2D eigenvalue weighted by Gasteiger charge is 2.29. The second kappa shape index (κ2) is 5.49. The van der Waals surface area contributed by atoms with Crippen molar-refractivity contribution in [3.05, 3.63) is 0 Å². The lowest BCUT2D eigenvalue weighted by molar-refractivity contribution is -0.156. The maximum Gasteiger partial charge on any atom is 0.307 e. The van der Waals surface area contributed by atoms with Gasteiger partial charge in [0.05, 0.1) is 12.3 Å². The van der Waals surface area contributed by atoms with Gasteiger partial charge in [0.25, 0.3) is 0 Å². The van der Waals surface area contributed by atoms with Crippen LogP contribution in [0.25, 0.3) is 0 Å². The van der Waals surface area contributed by atoms with Gasteiger partial charge in [-0.25, -0.2) is 0 Å². The van der Waals surface area contributed by atoms with Gasteiger partial charge in [0, 0.05) is 6.04 Å². The Morgan fingerprint density at radius 2 is 2.06 bits per heavy atom. The van der Waals surface area contributed by atoms with Crippen LogP contribution in [0.2, 0.25) is 0 Å². The van der Waals surface area contributed by atoms with E-state index in [2.05, 4.69) is 5.32 Å². The smallest absolute Gasteiger partial charge is 0.307 e. The number of ether oxygens (including phenoxy) is 1. The lowest BCUT2D eigenvalue weighted by Gasteiger charge is -2.28. The number of nitrogens with one attached hydrogen (secondary N) is 1. The van der Waals surface area contributed by atoms with E-state index in [4.69, 9.17) is 9.84 Å². The molecule has 5 heteroatoms. The van der Waals surface area contributed by atoms with Gasteiger partial charge in [0.2, 0.25) is 0 Å². The van der Waals surface area contributed by atoms with Gasteiger partial charge in [0.1, 0.15) is 5.60 Å². The first kappa shape index (κ1) is 14.0. The Hall–Kier alpha value is -1.10. The zero-order valence-electron chi connectivity index (χ0n) is 10.7. The Morgan fingerprint density at radius 3 is 2.59 bits per heavy atom. The molecule has 98 valence electrons. The predicted octanol–water partition coefficient (Wildman–Crippen LogP) is 1.17. The molecule has 1 rings (SSSR count). The summed E-state index contributed by atoms with van der Waals surface area (Å²) < 4.78 is 5.21. The topological polar surface area (TPSA) is 75.6 Å². The van der Waals surface area contributed by atoms with Gasteiger partial charge >= 0.3 is 11.9 Å². The average Bonchev–Trinajstić information content (AvgIpc) is 2.14. The van der Waals surface area contributed by atoms with Gasteiger partial charge in [-0.15, -0.1) is 0 Å². The third kappa shape index (κ3) is 5.17. The number of hydrogen-bond acceptors (Lipinski definition) is 4. The first-order valence-electron chi connectivity index (χ1n) is 5.96. The lowest BCUT2D eigenvalue weighted by atomic mass is 9.91. The van der Waals surface area contributed by atoms with Crippen molar-refractivity contribution in [3.63, 3.8) is 0 Å². The van der Waals surface area contributed by atoms with E-state index in [0.29, 0.717) is 19.4 Å². The summed E-state index contributed by atoms with van der Waals surface area (Å²) in [5.41, 5.74) is -0.488. The summed E-state index contributed by atoms with van der Waals surface area (Å²) >= 11 is 0. The molecule has 0 amide bonds. The van der Waals surface area contributed by atoms with Crippen molar-refractivity contribution in [3.8, 4) is 0 Å². The number of carbonyl (C=O) groups excluding carboxylic acids is 1. The zero-order valence-corrected chi connectivity index (χ0v) is 10.7. The Kier molecular flexibility index (Phi) is 4.51. The average molecular weight is 243 g/mol. The van der Waals surface area contributed by atoms with E-state index in [0.717, 1.165) is 0 Å². The fourth-order valence-electron chi connectivity index (χ4n) is 1.97. The van der Waals surface area contributed by atoms with Crippen LogP contribution in [0.15, 0.2) is 0 Å². The molecule has 0 aromatic heterocycles. The minimum atomic E-state index is -0.777. The van der Waals surface area contributed by atoms with E-state index < -0.39 is 11.6 Å². The van der Waals surface area contributed by atoms with Gasteiger partial charge in [-0.1, -0.05) is 0 Å². The van der Waals surface area contributed by atoms with Crippen LogP contribution in [0.1, 0.15) is 40.0 Å². The van der Waals surface area contributed by atoms with E-state index in [-0.39, 0.29) is 24.3 Å². The zero-order chi connectivity index (χ0) is 13.1. The maximum absolute atomic E-state index is 11.6. The molecule has 0 saturated carbocycles. The van der Waals surface area contributed by atoms with Crippen LogP contribution in [0, 0.1) is 5.92 Å². The molecule has 2 atom stereocenters. The van der Waals surface area contributed by atoms with Gasteiger partial charge in [-0.3, -0.25) is 9.59 Å². The summed E-state index contributed by atoms with van der Waals surface area (Å²) in [6.07, 6.45) is 1.36. The van der Waals surface area contributed by atoms with Crippen molar-refractivity contribution in [2.24, 2.45) is 5.92 Å². The van der Waals surface area contributed by atoms with Crippen molar-refractivity contribution in [1.29, 1.82) is 0 Å². The summed E-state index contributed by atoms with van der Waals surface area (Å²) in [4.78, 5) is 22.5. The molecule has 17 heavy (non-hydrogen) atoms. The standard InChI is InChI=1S/C12H21NO4/c1-12(2,3)17-10(14)7-9-6-8(11(15)16)4-5-13-9/h8-9,13H,4-7H2,1-3H3,(H,15,16). The van der Waals surface area contributed by atoms with E-state index in [1.807, 2.05) is 20.8 Å². The number of carbonyl (C=O) groups is 2. The monoisotopic (exact) mass is 243 g/mol. The molecule has 0 radical (unpaired) electrons. The number of esters is 1. The van der Waals surface area contributed by atoms with E-state index in [9.17, 15) is 9.59 Å². The highest BCUT2D eigenvalue weighted by Crippen LogP contribution is 2.19. The van der Waals surface area contributed by atoms with Crippen LogP contribution in [-0.2, 0) is 14.3 Å². The Morgan fingerprint density at radius 1 is 1.41 bits per heavy atom. The largest absolute Gasteiger partial charge is 0.481 e. The molecular weight excluding hydrogens is 222 g/mol. The third-order valence-corrected chi connectivity index (χ3v) is 2.68. The van der Waals surface area contributed by atoms with Gasteiger partial charge in [-0.2, -0.15) is 0 Å². The Labute approximate surface area is 102 Å². The molecule has 0 aliphatic carbocycles. The van der Waals surface area contributed by atoms with Crippen LogP contribution in [-0.4, -0.2) is 35.2 Å². The van der Waals surface area contributed by atoms with Crippen molar-refractivity contribution in [1.82, 2.24) is 5.32 Å². The molecule has 5 nitrogen and oxygen atoms in total. The summed E-state index contributed by atoms with van der Waals surface area (Å²) in [6, 6.07) is -0.0836. The van der Waals surface area contributed by atoms with Crippen molar-refractivity contribution in [2.75, 3.05) is 6.54 Å². The van der Waals surface area contributed by atoms with Crippen molar-refractivity contribution < 1.29 is 19.4 Å². The van der Waals surface area contributed by atoms with E-state index in [1.54, 1.807) is 0 Å². The quantitative estimate of drug-likeness (QED) is 0.728. The summed E-state index contributed by atoms with van der Waals surface area (Å²) in [5.74, 6) is -1.40. The summed E-state index contributed by atoms with van der Waals surface area (Å²) in [5, 5.41) is 12.1. The highest BCUT2D eigenvalue weighted by molar-refractivity contribution is 5.72. The number of carboxylic acid groups (broad SMARTS) is 1. The SMILES string of the molecule is CC(C)(C)OC(=O)CC1CC(C(=O)O)CCN1. The Bertz CT molecular complexity index is 295. The van der Waals surface area contributed by atoms with Crippen LogP contribution in [0.5, 0.6) is 0 Å². The van der Waals surface area contributed by atoms with Crippen LogP contribution in [0.3, 0.4) is 0 Å². The Balaban J connectivity index is 2.41. The maximum atomic E-state index is 11.6. The highest BCUT2D eigenvalue weighted by atomic mass is 16.6. The molecule has 1 saturated heterocycles. The number of piperidine rings is 1. The summed E-state index contributed by atoms with van der Waals surface area (Å²) in [6.45, 7) is 6.10. The van der Waals surface area contributed by atoms with E-state index in [1.165, 1.54) is 0 Å². The van der Waals surface area contributed by atoms with Gasteiger partial charge in [0.15, 0.2) is 0 Å². The molecule has 0 aromatic carbocycles. The molecular formula is C12H21NO4. The number of rotatable bonds is 3. The normalized spacial score (nSPS) is 25.4.